The molecule has 0 fully saturated rings. The molecule has 0 unspecified atom stereocenters. The molecule has 0 aliphatic heterocycles. The number of nitrogens with zero attached hydrogens (tertiary/aromatic N) is 1. The number of hydrogen-bond donors (Lipinski definition) is 2. The van der Waals surface area contributed by atoms with Crippen molar-refractivity contribution >= 4 is 17.3 Å². The quantitative estimate of drug-likeness (QED) is 0.853. The summed E-state index contributed by atoms with van der Waals surface area (Å²) in [5, 5.41) is 2.60. The Bertz CT molecular complexity index is 599. The van der Waals surface area contributed by atoms with Crippen molar-refractivity contribution in [3.63, 3.8) is 0 Å². The second-order valence-corrected chi connectivity index (χ2v) is 3.89. The van der Waals surface area contributed by atoms with Crippen molar-refractivity contribution in [2.45, 2.75) is 6.92 Å². The Morgan fingerprint density at radius 2 is 2.11 bits per heavy atom. The van der Waals surface area contributed by atoms with Crippen LogP contribution in [-0.4, -0.2) is 10.9 Å². The van der Waals surface area contributed by atoms with Gasteiger partial charge in [0.15, 0.2) is 0 Å². The second-order valence-electron chi connectivity index (χ2n) is 3.89. The highest BCUT2D eigenvalue weighted by Crippen LogP contribution is 2.17. The van der Waals surface area contributed by atoms with Crippen molar-refractivity contribution in [2.24, 2.45) is 0 Å². The van der Waals surface area contributed by atoms with Crippen molar-refractivity contribution in [3.05, 3.63) is 53.6 Å². The summed E-state index contributed by atoms with van der Waals surface area (Å²) >= 11 is 0. The topological polar surface area (TPSA) is 68.0 Å². The zero-order valence-corrected chi connectivity index (χ0v) is 9.77. The van der Waals surface area contributed by atoms with Gasteiger partial charge < -0.3 is 11.1 Å². The number of nitrogen functional groups attached to an aromatic ring is 1. The van der Waals surface area contributed by atoms with Crippen LogP contribution in [0, 0.1) is 12.7 Å². The van der Waals surface area contributed by atoms with E-state index in [0.717, 1.165) is 5.56 Å². The SMILES string of the molecule is Cc1ccc(F)cc1NC(=O)c1cc(N)ccn1. The lowest BCUT2D eigenvalue weighted by Gasteiger charge is -2.08. The van der Waals surface area contributed by atoms with E-state index >= 15 is 0 Å². The number of rotatable bonds is 2. The van der Waals surface area contributed by atoms with Gasteiger partial charge in [0, 0.05) is 17.6 Å². The van der Waals surface area contributed by atoms with Crippen LogP contribution >= 0.6 is 0 Å². The molecule has 0 aliphatic rings. The highest BCUT2D eigenvalue weighted by atomic mass is 19.1. The van der Waals surface area contributed by atoms with Gasteiger partial charge in [-0.05, 0) is 36.8 Å². The molecule has 0 saturated carbocycles. The van der Waals surface area contributed by atoms with Crippen LogP contribution in [0.2, 0.25) is 0 Å². The predicted molar refractivity (Wildman–Crippen MR) is 67.7 cm³/mol. The number of aryl methyl sites for hydroxylation is 1. The van der Waals surface area contributed by atoms with Crippen molar-refractivity contribution in [2.75, 3.05) is 11.1 Å². The van der Waals surface area contributed by atoms with E-state index in [1.807, 2.05) is 0 Å². The Morgan fingerprint density at radius 1 is 1.33 bits per heavy atom. The predicted octanol–water partition coefficient (Wildman–Crippen LogP) is 2.36. The van der Waals surface area contributed by atoms with Gasteiger partial charge in [-0.25, -0.2) is 4.39 Å². The van der Waals surface area contributed by atoms with Crippen LogP contribution in [0.3, 0.4) is 0 Å². The van der Waals surface area contributed by atoms with Gasteiger partial charge in [0.1, 0.15) is 11.5 Å². The van der Waals surface area contributed by atoms with E-state index in [4.69, 9.17) is 5.73 Å². The third kappa shape index (κ3) is 2.63. The molecule has 3 N–H and O–H groups in total. The molecule has 0 spiro atoms. The van der Waals surface area contributed by atoms with Gasteiger partial charge in [-0.2, -0.15) is 0 Å². The molecule has 1 aromatic heterocycles. The summed E-state index contributed by atoms with van der Waals surface area (Å²) in [5.74, 6) is -0.826. The van der Waals surface area contributed by atoms with Gasteiger partial charge in [0.05, 0.1) is 0 Å². The maximum Gasteiger partial charge on any atom is 0.274 e. The number of amides is 1. The molecule has 92 valence electrons. The summed E-state index contributed by atoms with van der Waals surface area (Å²) in [4.78, 5) is 15.8. The van der Waals surface area contributed by atoms with E-state index in [9.17, 15) is 9.18 Å². The molecule has 2 rings (SSSR count). The molecular weight excluding hydrogens is 233 g/mol. The fourth-order valence-corrected chi connectivity index (χ4v) is 1.49. The number of benzene rings is 1. The zero-order chi connectivity index (χ0) is 13.1. The van der Waals surface area contributed by atoms with Gasteiger partial charge in [-0.1, -0.05) is 6.07 Å². The van der Waals surface area contributed by atoms with E-state index in [2.05, 4.69) is 10.3 Å². The van der Waals surface area contributed by atoms with Gasteiger partial charge >= 0.3 is 0 Å². The van der Waals surface area contributed by atoms with Crippen LogP contribution in [0.5, 0.6) is 0 Å². The third-order valence-corrected chi connectivity index (χ3v) is 2.46. The van der Waals surface area contributed by atoms with Crippen LogP contribution in [-0.2, 0) is 0 Å². The number of anilines is 2. The lowest BCUT2D eigenvalue weighted by molar-refractivity contribution is 0.102. The summed E-state index contributed by atoms with van der Waals surface area (Å²) in [5.41, 5.74) is 7.40. The molecule has 2 aromatic rings. The van der Waals surface area contributed by atoms with E-state index in [-0.39, 0.29) is 5.69 Å². The van der Waals surface area contributed by atoms with E-state index in [0.29, 0.717) is 11.4 Å². The minimum Gasteiger partial charge on any atom is -0.399 e. The Labute approximate surface area is 104 Å². The number of aromatic nitrogens is 1. The second kappa shape index (κ2) is 4.83. The van der Waals surface area contributed by atoms with Gasteiger partial charge in [0.2, 0.25) is 0 Å². The first kappa shape index (κ1) is 12.0. The summed E-state index contributed by atoms with van der Waals surface area (Å²) in [6, 6.07) is 7.25. The molecule has 5 heteroatoms. The van der Waals surface area contributed by atoms with Crippen molar-refractivity contribution in [3.8, 4) is 0 Å². The molecule has 0 radical (unpaired) electrons. The normalized spacial score (nSPS) is 10.1. The van der Waals surface area contributed by atoms with E-state index in [1.165, 1.54) is 24.4 Å². The molecule has 4 nitrogen and oxygen atoms in total. The van der Waals surface area contributed by atoms with Crippen LogP contribution in [0.15, 0.2) is 36.5 Å². The number of nitrogens with one attached hydrogen (secondary N) is 1. The molecule has 0 saturated heterocycles. The number of nitrogens with two attached hydrogens (primary N) is 1. The molecule has 18 heavy (non-hydrogen) atoms. The highest BCUT2D eigenvalue weighted by Gasteiger charge is 2.09. The first-order valence-corrected chi connectivity index (χ1v) is 5.35. The fourth-order valence-electron chi connectivity index (χ4n) is 1.49. The summed E-state index contributed by atoms with van der Waals surface area (Å²) in [6.45, 7) is 1.78. The first-order valence-electron chi connectivity index (χ1n) is 5.35. The monoisotopic (exact) mass is 245 g/mol. The number of halogens is 1. The molecule has 0 aliphatic carbocycles. The Kier molecular flexibility index (Phi) is 3.23. The average molecular weight is 245 g/mol. The Balaban J connectivity index is 2.24. The lowest BCUT2D eigenvalue weighted by atomic mass is 10.2. The highest BCUT2D eigenvalue weighted by molar-refractivity contribution is 6.03. The fraction of sp³-hybridized carbons (Fsp3) is 0.0769. The Hall–Kier alpha value is -2.43. The summed E-state index contributed by atoms with van der Waals surface area (Å²) < 4.78 is 13.1. The molecule has 1 aromatic carbocycles. The zero-order valence-electron chi connectivity index (χ0n) is 9.77. The third-order valence-electron chi connectivity index (χ3n) is 2.46. The van der Waals surface area contributed by atoms with Crippen molar-refractivity contribution in [1.29, 1.82) is 0 Å². The number of pyridine rings is 1. The molecule has 0 atom stereocenters. The number of hydrogen-bond acceptors (Lipinski definition) is 3. The maximum absolute atomic E-state index is 13.1. The summed E-state index contributed by atoms with van der Waals surface area (Å²) in [6.07, 6.45) is 1.45. The minimum absolute atomic E-state index is 0.193. The number of carbonyl (C=O) groups is 1. The van der Waals surface area contributed by atoms with Crippen LogP contribution in [0.25, 0.3) is 0 Å². The van der Waals surface area contributed by atoms with Gasteiger partial charge in [0.25, 0.3) is 5.91 Å². The van der Waals surface area contributed by atoms with Crippen LogP contribution in [0.1, 0.15) is 16.1 Å². The average Bonchev–Trinajstić information content (AvgIpc) is 2.34. The van der Waals surface area contributed by atoms with Crippen LogP contribution < -0.4 is 11.1 Å². The molecule has 0 bridgehead atoms. The molecular formula is C13H12FN3O. The largest absolute Gasteiger partial charge is 0.399 e. The first-order chi connectivity index (χ1) is 8.56. The van der Waals surface area contributed by atoms with Crippen molar-refractivity contribution in [1.82, 2.24) is 4.98 Å². The van der Waals surface area contributed by atoms with E-state index < -0.39 is 11.7 Å². The molecule has 1 heterocycles. The number of carbonyl (C=O) groups excluding carboxylic acids is 1. The minimum atomic E-state index is -0.420. The summed E-state index contributed by atoms with van der Waals surface area (Å²) in [7, 11) is 0. The van der Waals surface area contributed by atoms with Crippen molar-refractivity contribution < 1.29 is 9.18 Å². The van der Waals surface area contributed by atoms with Crippen LogP contribution in [0.4, 0.5) is 15.8 Å². The maximum atomic E-state index is 13.1. The smallest absolute Gasteiger partial charge is 0.274 e. The standard InChI is InChI=1S/C13H12FN3O/c1-8-2-3-9(14)6-11(8)17-13(18)12-7-10(15)4-5-16-12/h2-7H,1H3,(H2,15,16)(H,17,18). The van der Waals surface area contributed by atoms with Gasteiger partial charge in [-0.3, -0.25) is 9.78 Å². The molecule has 1 amide bonds. The Morgan fingerprint density at radius 3 is 2.83 bits per heavy atom. The van der Waals surface area contributed by atoms with E-state index in [1.54, 1.807) is 19.1 Å². The van der Waals surface area contributed by atoms with Gasteiger partial charge in [-0.15, -0.1) is 0 Å². The lowest BCUT2D eigenvalue weighted by Crippen LogP contribution is -2.14.